The number of halogens is 2. The molecule has 2 aromatic rings. The summed E-state index contributed by atoms with van der Waals surface area (Å²) in [5, 5.41) is 0.440. The van der Waals surface area contributed by atoms with Gasteiger partial charge in [0.15, 0.2) is 5.13 Å². The van der Waals surface area contributed by atoms with Crippen molar-refractivity contribution in [1.29, 1.82) is 0 Å². The zero-order valence-electron chi connectivity index (χ0n) is 7.00. The van der Waals surface area contributed by atoms with Crippen molar-refractivity contribution < 1.29 is 4.39 Å². The molecule has 1 aromatic heterocycles. The lowest BCUT2D eigenvalue weighted by Crippen LogP contribution is -1.82. The van der Waals surface area contributed by atoms with E-state index in [1.807, 2.05) is 0 Å². The maximum Gasteiger partial charge on any atom is 0.180 e. The Labute approximate surface area is 92.7 Å². The van der Waals surface area contributed by atoms with Crippen LogP contribution in [0, 0.1) is 5.82 Å². The molecule has 5 heteroatoms. The van der Waals surface area contributed by atoms with Gasteiger partial charge in [0.1, 0.15) is 5.82 Å². The number of nitrogens with zero attached hydrogens (tertiary/aromatic N) is 1. The van der Waals surface area contributed by atoms with Crippen molar-refractivity contribution in [2.75, 3.05) is 5.73 Å². The van der Waals surface area contributed by atoms with Gasteiger partial charge in [-0.3, -0.25) is 0 Å². The van der Waals surface area contributed by atoms with Crippen LogP contribution in [0.4, 0.5) is 9.52 Å². The molecule has 0 saturated carbocycles. The number of thiazole rings is 1. The fourth-order valence-electron chi connectivity index (χ4n) is 1.14. The van der Waals surface area contributed by atoms with Gasteiger partial charge in [0.05, 0.1) is 4.88 Å². The van der Waals surface area contributed by atoms with Crippen molar-refractivity contribution in [3.63, 3.8) is 0 Å². The van der Waals surface area contributed by atoms with Gasteiger partial charge in [-0.15, -0.1) is 0 Å². The second-order valence-electron chi connectivity index (χ2n) is 2.66. The molecular weight excluding hydrogens is 267 g/mol. The molecule has 0 aliphatic rings. The van der Waals surface area contributed by atoms with Crippen LogP contribution in [0.1, 0.15) is 0 Å². The van der Waals surface area contributed by atoms with Gasteiger partial charge in [-0.1, -0.05) is 33.3 Å². The summed E-state index contributed by atoms with van der Waals surface area (Å²) in [7, 11) is 0. The molecule has 0 fully saturated rings. The van der Waals surface area contributed by atoms with Crippen LogP contribution in [0.5, 0.6) is 0 Å². The number of hydrogen-bond donors (Lipinski definition) is 1. The molecule has 1 heterocycles. The van der Waals surface area contributed by atoms with E-state index in [-0.39, 0.29) is 5.82 Å². The predicted molar refractivity (Wildman–Crippen MR) is 59.6 cm³/mol. The van der Waals surface area contributed by atoms with E-state index >= 15 is 0 Å². The first-order chi connectivity index (χ1) is 6.68. The van der Waals surface area contributed by atoms with Crippen LogP contribution in [0.3, 0.4) is 0 Å². The number of aromatic nitrogens is 1. The molecule has 2 rings (SSSR count). The molecule has 0 atom stereocenters. The minimum atomic E-state index is -0.275. The Morgan fingerprint density at radius 3 is 2.79 bits per heavy atom. The van der Waals surface area contributed by atoms with E-state index in [0.29, 0.717) is 15.2 Å². The van der Waals surface area contributed by atoms with Crippen molar-refractivity contribution >= 4 is 32.4 Å². The highest BCUT2D eigenvalue weighted by atomic mass is 79.9. The van der Waals surface area contributed by atoms with Crippen molar-refractivity contribution in [3.8, 4) is 10.4 Å². The first-order valence-corrected chi connectivity index (χ1v) is 5.45. The van der Waals surface area contributed by atoms with Crippen molar-refractivity contribution in [2.45, 2.75) is 0 Å². The normalized spacial score (nSPS) is 10.4. The Balaban J connectivity index is 2.61. The highest BCUT2D eigenvalue weighted by Gasteiger charge is 2.11. The van der Waals surface area contributed by atoms with E-state index in [1.54, 1.807) is 18.3 Å². The zero-order valence-corrected chi connectivity index (χ0v) is 9.40. The Bertz CT molecular complexity index is 449. The van der Waals surface area contributed by atoms with Gasteiger partial charge in [0.2, 0.25) is 0 Å². The molecule has 14 heavy (non-hydrogen) atoms. The van der Waals surface area contributed by atoms with Crippen LogP contribution in [-0.2, 0) is 0 Å². The summed E-state index contributed by atoms with van der Waals surface area (Å²) in [4.78, 5) is 4.61. The van der Waals surface area contributed by atoms with Gasteiger partial charge in [-0.2, -0.15) is 0 Å². The predicted octanol–water partition coefficient (Wildman–Crippen LogP) is 3.29. The second kappa shape index (κ2) is 3.67. The molecule has 0 amide bonds. The Hall–Kier alpha value is -0.940. The lowest BCUT2D eigenvalue weighted by Gasteiger charge is -2.01. The number of rotatable bonds is 1. The summed E-state index contributed by atoms with van der Waals surface area (Å²) in [5.41, 5.74) is 6.00. The van der Waals surface area contributed by atoms with Crippen LogP contribution in [0.2, 0.25) is 0 Å². The molecular formula is C9H6BrFN2S. The minimum absolute atomic E-state index is 0.275. The maximum atomic E-state index is 13.5. The molecule has 2 N–H and O–H groups in total. The van der Waals surface area contributed by atoms with E-state index in [0.717, 1.165) is 4.88 Å². The first-order valence-electron chi connectivity index (χ1n) is 3.84. The van der Waals surface area contributed by atoms with Gasteiger partial charge in [0, 0.05) is 16.2 Å². The van der Waals surface area contributed by atoms with E-state index < -0.39 is 0 Å². The van der Waals surface area contributed by atoms with Gasteiger partial charge in [-0.05, 0) is 12.1 Å². The number of nitrogen functional groups attached to an aromatic ring is 1. The summed E-state index contributed by atoms with van der Waals surface area (Å²) in [6.45, 7) is 0. The highest BCUT2D eigenvalue weighted by Crippen LogP contribution is 2.34. The third-order valence-electron chi connectivity index (χ3n) is 1.73. The van der Waals surface area contributed by atoms with Crippen molar-refractivity contribution in [1.82, 2.24) is 4.98 Å². The monoisotopic (exact) mass is 272 g/mol. The Kier molecular flexibility index (Phi) is 2.52. The number of anilines is 1. The number of nitrogens with two attached hydrogens (primary N) is 1. The maximum absolute atomic E-state index is 13.5. The second-order valence-corrected chi connectivity index (χ2v) is 4.58. The Morgan fingerprint density at radius 1 is 1.43 bits per heavy atom. The van der Waals surface area contributed by atoms with E-state index in [9.17, 15) is 4.39 Å². The lowest BCUT2D eigenvalue weighted by molar-refractivity contribution is 0.631. The topological polar surface area (TPSA) is 38.9 Å². The standard InChI is InChI=1S/C9H6BrFN2S/c10-5-2-1-3-6(11)8(5)7-4-13-9(12)14-7/h1-4H,(H2,12,13). The summed E-state index contributed by atoms with van der Waals surface area (Å²) >= 11 is 4.56. The number of benzene rings is 1. The van der Waals surface area contributed by atoms with E-state index in [2.05, 4.69) is 20.9 Å². The summed E-state index contributed by atoms with van der Waals surface area (Å²) in [6.07, 6.45) is 1.57. The molecule has 72 valence electrons. The largest absolute Gasteiger partial charge is 0.375 e. The van der Waals surface area contributed by atoms with Gasteiger partial charge < -0.3 is 5.73 Å². The summed E-state index contributed by atoms with van der Waals surface area (Å²) in [6, 6.07) is 4.84. The van der Waals surface area contributed by atoms with Crippen molar-refractivity contribution in [2.24, 2.45) is 0 Å². The fraction of sp³-hybridized carbons (Fsp3) is 0. The smallest absolute Gasteiger partial charge is 0.180 e. The molecule has 0 spiro atoms. The average Bonchev–Trinajstić information content (AvgIpc) is 2.51. The molecule has 0 bridgehead atoms. The highest BCUT2D eigenvalue weighted by molar-refractivity contribution is 9.10. The van der Waals surface area contributed by atoms with Crippen LogP contribution in [-0.4, -0.2) is 4.98 Å². The van der Waals surface area contributed by atoms with Crippen LogP contribution in [0.15, 0.2) is 28.9 Å². The quantitative estimate of drug-likeness (QED) is 0.865. The first kappa shape index (κ1) is 9.61. The van der Waals surface area contributed by atoms with Gasteiger partial charge in [0.25, 0.3) is 0 Å². The van der Waals surface area contributed by atoms with Crippen molar-refractivity contribution in [3.05, 3.63) is 34.7 Å². The molecule has 0 saturated heterocycles. The van der Waals surface area contributed by atoms with E-state index in [4.69, 9.17) is 5.73 Å². The van der Waals surface area contributed by atoms with Gasteiger partial charge in [-0.25, -0.2) is 9.37 Å². The molecule has 0 unspecified atom stereocenters. The zero-order chi connectivity index (χ0) is 10.1. The SMILES string of the molecule is Nc1ncc(-c2c(F)cccc2Br)s1. The Morgan fingerprint density at radius 2 is 2.21 bits per heavy atom. The third-order valence-corrected chi connectivity index (χ3v) is 3.24. The molecule has 0 aliphatic carbocycles. The lowest BCUT2D eigenvalue weighted by atomic mass is 10.2. The minimum Gasteiger partial charge on any atom is -0.375 e. The molecule has 0 aliphatic heterocycles. The molecule has 1 aromatic carbocycles. The van der Waals surface area contributed by atoms with E-state index in [1.165, 1.54) is 17.4 Å². The van der Waals surface area contributed by atoms with Crippen LogP contribution in [0.25, 0.3) is 10.4 Å². The number of hydrogen-bond acceptors (Lipinski definition) is 3. The van der Waals surface area contributed by atoms with Gasteiger partial charge >= 0.3 is 0 Å². The fourth-order valence-corrected chi connectivity index (χ4v) is 2.57. The summed E-state index contributed by atoms with van der Waals surface area (Å²) in [5.74, 6) is -0.275. The van der Waals surface area contributed by atoms with Crippen LogP contribution >= 0.6 is 27.3 Å². The van der Waals surface area contributed by atoms with Crippen LogP contribution < -0.4 is 5.73 Å². The third kappa shape index (κ3) is 1.65. The average molecular weight is 273 g/mol. The molecule has 0 radical (unpaired) electrons. The summed E-state index contributed by atoms with van der Waals surface area (Å²) < 4.78 is 14.2. The molecule has 2 nitrogen and oxygen atoms in total.